The van der Waals surface area contributed by atoms with E-state index in [4.69, 9.17) is 10.3 Å². The first-order valence-corrected chi connectivity index (χ1v) is 8.91. The van der Waals surface area contributed by atoms with Crippen LogP contribution in [0.25, 0.3) is 0 Å². The number of hydrogen-bond donors (Lipinski definition) is 2. The molecule has 0 fully saturated rings. The summed E-state index contributed by atoms with van der Waals surface area (Å²) in [6.07, 6.45) is 3.22. The van der Waals surface area contributed by atoms with E-state index in [0.29, 0.717) is 24.6 Å². The van der Waals surface area contributed by atoms with Gasteiger partial charge in [0.15, 0.2) is 5.82 Å². The molecule has 0 aliphatic carbocycles. The van der Waals surface area contributed by atoms with Crippen molar-refractivity contribution in [1.29, 1.82) is 0 Å². The third-order valence-corrected chi connectivity index (χ3v) is 4.03. The molecule has 124 valence electrons. The molecule has 1 aromatic carbocycles. The van der Waals surface area contributed by atoms with Crippen LogP contribution in [-0.4, -0.2) is 34.1 Å². The maximum Gasteiger partial charge on any atom is 0.248 e. The van der Waals surface area contributed by atoms with E-state index in [1.165, 1.54) is 0 Å². The average molecular weight is 334 g/mol. The highest BCUT2D eigenvalue weighted by atomic mass is 32.2. The lowest BCUT2D eigenvalue weighted by Crippen LogP contribution is -2.42. The van der Waals surface area contributed by atoms with Gasteiger partial charge >= 0.3 is 0 Å². The summed E-state index contributed by atoms with van der Waals surface area (Å²) >= 11 is 1.67. The van der Waals surface area contributed by atoms with Gasteiger partial charge < -0.3 is 15.6 Å². The Morgan fingerprint density at radius 2 is 2.13 bits per heavy atom. The minimum atomic E-state index is -0.517. The summed E-state index contributed by atoms with van der Waals surface area (Å²) in [6.45, 7) is 1.80. The van der Waals surface area contributed by atoms with E-state index in [9.17, 15) is 4.79 Å². The number of aromatic nitrogens is 2. The van der Waals surface area contributed by atoms with E-state index in [2.05, 4.69) is 15.5 Å². The second kappa shape index (κ2) is 8.69. The number of amides is 1. The quantitative estimate of drug-likeness (QED) is 0.766. The summed E-state index contributed by atoms with van der Waals surface area (Å²) in [5, 5.41) is 6.77. The van der Waals surface area contributed by atoms with Gasteiger partial charge in [0.25, 0.3) is 0 Å². The number of hydrogen-bond acceptors (Lipinski definition) is 6. The van der Waals surface area contributed by atoms with Gasteiger partial charge in [0.1, 0.15) is 6.04 Å². The van der Waals surface area contributed by atoms with Gasteiger partial charge in [-0.3, -0.25) is 4.79 Å². The zero-order valence-electron chi connectivity index (χ0n) is 13.4. The maximum absolute atomic E-state index is 12.0. The summed E-state index contributed by atoms with van der Waals surface area (Å²) < 4.78 is 5.24. The fraction of sp³-hybridized carbons (Fsp3) is 0.438. The fourth-order valence-electron chi connectivity index (χ4n) is 2.05. The molecule has 23 heavy (non-hydrogen) atoms. The molecule has 0 aliphatic heterocycles. The molecule has 7 heteroatoms. The number of nitrogens with one attached hydrogen (secondary N) is 1. The van der Waals surface area contributed by atoms with Gasteiger partial charge in [-0.25, -0.2) is 0 Å². The zero-order chi connectivity index (χ0) is 16.7. The summed E-state index contributed by atoms with van der Waals surface area (Å²) in [6, 6.07) is 9.03. The van der Waals surface area contributed by atoms with Gasteiger partial charge in [0, 0.05) is 6.42 Å². The van der Waals surface area contributed by atoms with E-state index in [-0.39, 0.29) is 11.9 Å². The van der Waals surface area contributed by atoms with Crippen molar-refractivity contribution in [2.75, 3.05) is 12.0 Å². The van der Waals surface area contributed by atoms with Crippen molar-refractivity contribution >= 4 is 17.7 Å². The van der Waals surface area contributed by atoms with Crippen LogP contribution in [0.5, 0.6) is 0 Å². The molecule has 3 N–H and O–H groups in total. The highest BCUT2D eigenvalue weighted by Crippen LogP contribution is 2.12. The van der Waals surface area contributed by atoms with Gasteiger partial charge in [0.05, 0.1) is 6.04 Å². The smallest absolute Gasteiger partial charge is 0.248 e. The lowest BCUT2D eigenvalue weighted by Gasteiger charge is -2.14. The van der Waals surface area contributed by atoms with Crippen molar-refractivity contribution in [1.82, 2.24) is 15.5 Å². The highest BCUT2D eigenvalue weighted by Gasteiger charge is 2.20. The van der Waals surface area contributed by atoms with Crippen LogP contribution in [0.15, 0.2) is 34.9 Å². The molecule has 0 aliphatic rings. The molecule has 0 bridgehead atoms. The molecule has 2 aromatic rings. The van der Waals surface area contributed by atoms with Gasteiger partial charge in [-0.15, -0.1) is 0 Å². The first-order chi connectivity index (χ1) is 11.1. The Morgan fingerprint density at radius 3 is 2.83 bits per heavy atom. The minimum Gasteiger partial charge on any atom is -0.343 e. The Morgan fingerprint density at radius 1 is 1.39 bits per heavy atom. The maximum atomic E-state index is 12.0. The first kappa shape index (κ1) is 17.5. The second-order valence-corrected chi connectivity index (χ2v) is 6.32. The van der Waals surface area contributed by atoms with Crippen LogP contribution in [0.3, 0.4) is 0 Å². The molecule has 6 nitrogen and oxygen atoms in total. The number of thioether (sulfide) groups is 1. The number of benzene rings is 1. The van der Waals surface area contributed by atoms with Crippen LogP contribution >= 0.6 is 11.8 Å². The Bertz CT molecular complexity index is 618. The Hall–Kier alpha value is -1.86. The molecule has 1 heterocycles. The summed E-state index contributed by atoms with van der Waals surface area (Å²) in [5.74, 6) is 1.64. The molecule has 0 saturated heterocycles. The third kappa shape index (κ3) is 5.37. The normalized spacial score (nSPS) is 13.5. The molecule has 0 spiro atoms. The number of carbonyl (C=O) groups is 1. The fourth-order valence-corrected chi connectivity index (χ4v) is 2.54. The Balaban J connectivity index is 1.90. The van der Waals surface area contributed by atoms with Gasteiger partial charge in [-0.05, 0) is 30.9 Å². The van der Waals surface area contributed by atoms with Gasteiger partial charge in [0.2, 0.25) is 11.8 Å². The van der Waals surface area contributed by atoms with Crippen molar-refractivity contribution in [2.24, 2.45) is 5.73 Å². The third-order valence-electron chi connectivity index (χ3n) is 3.39. The average Bonchev–Trinajstić information content (AvgIpc) is 3.02. The van der Waals surface area contributed by atoms with Crippen LogP contribution in [0.1, 0.15) is 36.7 Å². The summed E-state index contributed by atoms with van der Waals surface area (Å²) in [7, 11) is 0. The Kier molecular flexibility index (Phi) is 6.61. The van der Waals surface area contributed by atoms with Crippen molar-refractivity contribution < 1.29 is 9.32 Å². The van der Waals surface area contributed by atoms with Crippen LogP contribution < -0.4 is 11.1 Å². The summed E-state index contributed by atoms with van der Waals surface area (Å²) in [4.78, 5) is 16.3. The molecule has 1 aromatic heterocycles. The van der Waals surface area contributed by atoms with Gasteiger partial charge in [-0.1, -0.05) is 35.5 Å². The highest BCUT2D eigenvalue weighted by molar-refractivity contribution is 7.98. The van der Waals surface area contributed by atoms with E-state index >= 15 is 0 Å². The topological polar surface area (TPSA) is 94.0 Å². The van der Waals surface area contributed by atoms with Crippen LogP contribution in [-0.2, 0) is 11.2 Å². The predicted molar refractivity (Wildman–Crippen MR) is 91.1 cm³/mol. The lowest BCUT2D eigenvalue weighted by atomic mass is 10.1. The minimum absolute atomic E-state index is 0.200. The predicted octanol–water partition coefficient (Wildman–Crippen LogP) is 1.92. The van der Waals surface area contributed by atoms with E-state index < -0.39 is 6.04 Å². The monoisotopic (exact) mass is 334 g/mol. The number of nitrogens with two attached hydrogens (primary N) is 1. The zero-order valence-corrected chi connectivity index (χ0v) is 14.2. The van der Waals surface area contributed by atoms with Crippen LogP contribution in [0.4, 0.5) is 0 Å². The molecule has 1 amide bonds. The molecule has 0 saturated carbocycles. The van der Waals surface area contributed by atoms with Crippen molar-refractivity contribution in [2.45, 2.75) is 31.8 Å². The SMILES string of the molecule is CSCC[C@H](N)C(=O)NC(C)c1nc(Cc2ccccc2)no1. The number of nitrogens with zero attached hydrogens (tertiary/aromatic N) is 2. The second-order valence-electron chi connectivity index (χ2n) is 5.33. The standard InChI is InChI=1S/C16H22N4O2S/c1-11(18-15(21)13(17)8-9-23-2)16-19-14(20-22-16)10-12-6-4-3-5-7-12/h3-7,11,13H,8-10,17H2,1-2H3,(H,18,21)/t11?,13-/m0/s1. The van der Waals surface area contributed by atoms with E-state index in [1.807, 2.05) is 36.6 Å². The number of carbonyl (C=O) groups excluding carboxylic acids is 1. The van der Waals surface area contributed by atoms with E-state index in [0.717, 1.165) is 11.3 Å². The molecular formula is C16H22N4O2S. The molecule has 1 unspecified atom stereocenters. The summed E-state index contributed by atoms with van der Waals surface area (Å²) in [5.41, 5.74) is 6.95. The van der Waals surface area contributed by atoms with Crippen LogP contribution in [0, 0.1) is 0 Å². The molecular weight excluding hydrogens is 312 g/mol. The van der Waals surface area contributed by atoms with Crippen molar-refractivity contribution in [3.8, 4) is 0 Å². The van der Waals surface area contributed by atoms with E-state index in [1.54, 1.807) is 18.7 Å². The van der Waals surface area contributed by atoms with Crippen molar-refractivity contribution in [3.63, 3.8) is 0 Å². The van der Waals surface area contributed by atoms with Gasteiger partial charge in [-0.2, -0.15) is 16.7 Å². The largest absolute Gasteiger partial charge is 0.343 e. The molecule has 0 radical (unpaired) electrons. The molecule has 2 rings (SSSR count). The molecule has 2 atom stereocenters. The van der Waals surface area contributed by atoms with Crippen LogP contribution in [0.2, 0.25) is 0 Å². The first-order valence-electron chi connectivity index (χ1n) is 7.51. The lowest BCUT2D eigenvalue weighted by molar-refractivity contribution is -0.123. The van der Waals surface area contributed by atoms with Crippen molar-refractivity contribution in [3.05, 3.63) is 47.6 Å². The Labute approximate surface area is 140 Å². The number of rotatable bonds is 8.